The topological polar surface area (TPSA) is 63.3 Å². The van der Waals surface area contributed by atoms with E-state index in [0.717, 1.165) is 0 Å². The molecule has 0 bridgehead atoms. The molecule has 0 heterocycles. The van der Waals surface area contributed by atoms with Crippen LogP contribution in [0.1, 0.15) is 13.8 Å². The molecule has 50 valence electrons. The number of carboxylic acids is 1. The van der Waals surface area contributed by atoms with Gasteiger partial charge in [0, 0.05) is 0 Å². The molecule has 3 nitrogen and oxygen atoms in total. The van der Waals surface area contributed by atoms with Gasteiger partial charge in [-0.05, 0) is 5.92 Å². The molecule has 0 aromatic rings. The zero-order valence-corrected chi connectivity index (χ0v) is 5.09. The summed E-state index contributed by atoms with van der Waals surface area (Å²) in [6.07, 6.45) is 0. The monoisotopic (exact) mass is 125 g/mol. The van der Waals surface area contributed by atoms with E-state index < -0.39 is 12.0 Å². The van der Waals surface area contributed by atoms with Crippen molar-refractivity contribution < 1.29 is 9.90 Å². The Labute approximate surface area is 66.8 Å². The Balaban J connectivity index is 0. The first kappa shape index (κ1) is 11.8. The van der Waals surface area contributed by atoms with Gasteiger partial charge >= 0.3 is 24.8 Å². The summed E-state index contributed by atoms with van der Waals surface area (Å²) in [5, 5.41) is 8.23. The van der Waals surface area contributed by atoms with Gasteiger partial charge in [0.2, 0.25) is 0 Å². The molecule has 0 radical (unpaired) electrons. The second-order valence-electron chi connectivity index (χ2n) is 2.11. The quantitative estimate of drug-likeness (QED) is 0.484. The van der Waals surface area contributed by atoms with Crippen molar-refractivity contribution in [3.8, 4) is 0 Å². The van der Waals surface area contributed by atoms with Gasteiger partial charge < -0.3 is 10.8 Å². The molecule has 0 unspecified atom stereocenters. The molecule has 0 aliphatic rings. The third-order valence-electron chi connectivity index (χ3n) is 1.00. The third-order valence-corrected chi connectivity index (χ3v) is 1.00. The Morgan fingerprint density at radius 1 is 1.56 bits per heavy atom. The van der Waals surface area contributed by atoms with Gasteiger partial charge in [0.25, 0.3) is 0 Å². The summed E-state index contributed by atoms with van der Waals surface area (Å²) in [5.41, 5.74) is 5.16. The van der Waals surface area contributed by atoms with E-state index in [-0.39, 0.29) is 24.8 Å². The number of hydrogen-bond donors (Lipinski definition) is 2. The van der Waals surface area contributed by atoms with E-state index in [0.29, 0.717) is 0 Å². The van der Waals surface area contributed by atoms with Gasteiger partial charge in [-0.1, -0.05) is 13.8 Å². The minimum atomic E-state index is -0.931. The molecule has 0 amide bonds. The summed E-state index contributed by atoms with van der Waals surface area (Å²) >= 11 is 0. The van der Waals surface area contributed by atoms with Crippen LogP contribution >= 0.6 is 0 Å². The standard InChI is InChI=1S/C5H11NO2.Li.H/c1-3(2)4(6)5(7)8;;/h3-4H,6H2,1-2H3,(H,7,8);;/t4-;;/m0../s1. The summed E-state index contributed by atoms with van der Waals surface area (Å²) in [7, 11) is 0. The second-order valence-corrected chi connectivity index (χ2v) is 2.11. The molecule has 0 fully saturated rings. The van der Waals surface area contributed by atoms with Gasteiger partial charge in [-0.25, -0.2) is 0 Å². The summed E-state index contributed by atoms with van der Waals surface area (Å²) < 4.78 is 0. The van der Waals surface area contributed by atoms with Gasteiger partial charge in [-0.2, -0.15) is 0 Å². The fraction of sp³-hybridized carbons (Fsp3) is 0.800. The predicted octanol–water partition coefficient (Wildman–Crippen LogP) is -0.594. The van der Waals surface area contributed by atoms with Crippen LogP contribution in [-0.4, -0.2) is 36.0 Å². The Morgan fingerprint density at radius 2 is 1.89 bits per heavy atom. The van der Waals surface area contributed by atoms with Gasteiger partial charge in [0.15, 0.2) is 0 Å². The van der Waals surface area contributed by atoms with Crippen LogP contribution in [0.5, 0.6) is 0 Å². The van der Waals surface area contributed by atoms with E-state index in [1.807, 2.05) is 0 Å². The summed E-state index contributed by atoms with van der Waals surface area (Å²) in [5.74, 6) is -0.910. The van der Waals surface area contributed by atoms with Crippen molar-refractivity contribution in [2.75, 3.05) is 0 Å². The minimum absolute atomic E-state index is 0. The van der Waals surface area contributed by atoms with Crippen LogP contribution in [0.4, 0.5) is 0 Å². The predicted molar refractivity (Wildman–Crippen MR) is 37.6 cm³/mol. The van der Waals surface area contributed by atoms with Crippen LogP contribution in [-0.2, 0) is 4.79 Å². The van der Waals surface area contributed by atoms with E-state index in [9.17, 15) is 4.79 Å². The van der Waals surface area contributed by atoms with Crippen molar-refractivity contribution in [1.29, 1.82) is 0 Å². The molecular weight excluding hydrogens is 113 g/mol. The van der Waals surface area contributed by atoms with Crippen molar-refractivity contribution in [1.82, 2.24) is 0 Å². The number of aliphatic carboxylic acids is 1. The maximum atomic E-state index is 10.0. The number of rotatable bonds is 2. The van der Waals surface area contributed by atoms with E-state index in [1.54, 1.807) is 13.8 Å². The van der Waals surface area contributed by atoms with Gasteiger partial charge in [0.1, 0.15) is 6.04 Å². The van der Waals surface area contributed by atoms with Crippen LogP contribution in [0.25, 0.3) is 0 Å². The summed E-state index contributed by atoms with van der Waals surface area (Å²) in [4.78, 5) is 10.0. The molecule has 3 N–H and O–H groups in total. The van der Waals surface area contributed by atoms with Crippen molar-refractivity contribution >= 4 is 24.8 Å². The zero-order valence-electron chi connectivity index (χ0n) is 5.09. The van der Waals surface area contributed by atoms with E-state index >= 15 is 0 Å². The molecule has 0 spiro atoms. The fourth-order valence-corrected chi connectivity index (χ4v) is 0.285. The first-order chi connectivity index (χ1) is 3.55. The Morgan fingerprint density at radius 3 is 1.89 bits per heavy atom. The molecule has 0 saturated heterocycles. The average molecular weight is 125 g/mol. The second kappa shape index (κ2) is 4.86. The van der Waals surface area contributed by atoms with Gasteiger partial charge in [-0.3, -0.25) is 4.79 Å². The number of nitrogens with two attached hydrogens (primary N) is 1. The van der Waals surface area contributed by atoms with Crippen LogP contribution in [0.2, 0.25) is 0 Å². The Kier molecular flexibility index (Phi) is 6.37. The summed E-state index contributed by atoms with van der Waals surface area (Å²) in [6.45, 7) is 3.55. The first-order valence-electron chi connectivity index (χ1n) is 2.54. The van der Waals surface area contributed by atoms with Crippen LogP contribution in [0.3, 0.4) is 0 Å². The molecule has 0 aromatic carbocycles. The van der Waals surface area contributed by atoms with E-state index in [1.165, 1.54) is 0 Å². The average Bonchev–Trinajstić information content (AvgIpc) is 1.64. The Hall–Kier alpha value is 0.0274. The molecule has 1 atom stereocenters. The van der Waals surface area contributed by atoms with E-state index in [2.05, 4.69) is 0 Å². The fourth-order valence-electron chi connectivity index (χ4n) is 0.285. The van der Waals surface area contributed by atoms with Crippen molar-refractivity contribution in [2.45, 2.75) is 19.9 Å². The van der Waals surface area contributed by atoms with Crippen LogP contribution in [0, 0.1) is 5.92 Å². The number of carboxylic acid groups (broad SMARTS) is 1. The van der Waals surface area contributed by atoms with Gasteiger partial charge in [0.05, 0.1) is 0 Å². The molecule has 0 aliphatic carbocycles. The molecule has 4 heteroatoms. The third kappa shape index (κ3) is 4.53. The number of hydrogen-bond acceptors (Lipinski definition) is 2. The van der Waals surface area contributed by atoms with E-state index in [4.69, 9.17) is 10.8 Å². The maximum absolute atomic E-state index is 10.0. The molecule has 9 heavy (non-hydrogen) atoms. The number of carbonyl (C=O) groups is 1. The van der Waals surface area contributed by atoms with Gasteiger partial charge in [-0.15, -0.1) is 0 Å². The molecule has 0 aromatic heterocycles. The van der Waals surface area contributed by atoms with Crippen LogP contribution in [0.15, 0.2) is 0 Å². The molecular formula is C5H12LiNO2. The molecule has 0 saturated carbocycles. The molecule has 0 aliphatic heterocycles. The molecule has 0 rings (SSSR count). The van der Waals surface area contributed by atoms with Crippen molar-refractivity contribution in [3.05, 3.63) is 0 Å². The van der Waals surface area contributed by atoms with Crippen LogP contribution < -0.4 is 5.73 Å². The Bertz CT molecular complexity index is 95.0. The zero-order chi connectivity index (χ0) is 6.73. The normalized spacial score (nSPS) is 12.4. The SMILES string of the molecule is CC(C)[C@H](N)C(=O)O.[LiH]. The summed E-state index contributed by atoms with van der Waals surface area (Å²) in [6, 6.07) is -0.713. The van der Waals surface area contributed by atoms with Crippen molar-refractivity contribution in [2.24, 2.45) is 11.7 Å². The first-order valence-corrected chi connectivity index (χ1v) is 2.54. The van der Waals surface area contributed by atoms with Crippen molar-refractivity contribution in [3.63, 3.8) is 0 Å².